The van der Waals surface area contributed by atoms with Crippen molar-refractivity contribution < 1.29 is 4.39 Å². The Morgan fingerprint density at radius 1 is 0.969 bits per heavy atom. The number of aromatic nitrogens is 3. The van der Waals surface area contributed by atoms with Gasteiger partial charge >= 0.3 is 0 Å². The quantitative estimate of drug-likeness (QED) is 0.329. The van der Waals surface area contributed by atoms with Gasteiger partial charge in [0.25, 0.3) is 0 Å². The second kappa shape index (κ2) is 9.38. The summed E-state index contributed by atoms with van der Waals surface area (Å²) in [6.07, 6.45) is 3.42. The Labute approximate surface area is 205 Å². The zero-order valence-electron chi connectivity index (χ0n) is 16.5. The van der Waals surface area contributed by atoms with Crippen LogP contribution in [0.25, 0.3) is 22.4 Å². The molecule has 0 bridgehead atoms. The largest absolute Gasteiger partial charge is 0.303 e. The Hall–Kier alpha value is -2.15. The van der Waals surface area contributed by atoms with Gasteiger partial charge < -0.3 is 5.32 Å². The zero-order valence-corrected chi connectivity index (χ0v) is 19.6. The van der Waals surface area contributed by atoms with Crippen molar-refractivity contribution in [3.05, 3.63) is 93.1 Å². The molecule has 0 saturated heterocycles. The van der Waals surface area contributed by atoms with Crippen molar-refractivity contribution in [2.75, 3.05) is 6.54 Å². The summed E-state index contributed by atoms with van der Waals surface area (Å²) >= 11 is 18.7. The average Bonchev–Trinajstić information content (AvgIpc) is 3.14. The molecule has 4 aromatic rings. The molecule has 1 N–H and O–H groups in total. The van der Waals surface area contributed by atoms with Crippen molar-refractivity contribution in [2.45, 2.75) is 12.6 Å². The number of hydrogen-bond acceptors (Lipinski definition) is 3. The highest BCUT2D eigenvalue weighted by atomic mass is 35.5. The minimum atomic E-state index is -0.424. The van der Waals surface area contributed by atoms with E-state index in [2.05, 4.69) is 10.3 Å². The van der Waals surface area contributed by atoms with Gasteiger partial charge in [0.05, 0.1) is 18.3 Å². The van der Waals surface area contributed by atoms with Crippen LogP contribution in [0.1, 0.15) is 17.3 Å². The Kier molecular flexibility index (Phi) is 6.75. The monoisotopic (exact) mass is 508 g/mol. The van der Waals surface area contributed by atoms with Gasteiger partial charge in [-0.05, 0) is 53.6 Å². The molecule has 9 heteroatoms. The average molecular weight is 510 g/mol. The van der Waals surface area contributed by atoms with Gasteiger partial charge in [-0.15, -0.1) is 12.4 Å². The SMILES string of the molecule is Cl.Fc1cc(Cl)ccc1-c1nn2c(c1-c1ccncc1)C(c1ccc(Cl)cc1Cl)NCC2. The van der Waals surface area contributed by atoms with Gasteiger partial charge in [0.2, 0.25) is 0 Å². The van der Waals surface area contributed by atoms with E-state index in [-0.39, 0.29) is 18.4 Å². The van der Waals surface area contributed by atoms with E-state index < -0.39 is 5.82 Å². The molecule has 0 aliphatic carbocycles. The predicted octanol–water partition coefficient (Wildman–Crippen LogP) is 6.83. The van der Waals surface area contributed by atoms with E-state index in [1.807, 2.05) is 28.9 Å². The summed E-state index contributed by atoms with van der Waals surface area (Å²) in [6, 6.07) is 13.6. The van der Waals surface area contributed by atoms with Crippen LogP contribution in [0.3, 0.4) is 0 Å². The number of nitrogens with one attached hydrogen (secondary N) is 1. The Morgan fingerprint density at radius 2 is 1.69 bits per heavy atom. The van der Waals surface area contributed by atoms with E-state index in [0.29, 0.717) is 39.4 Å². The fraction of sp³-hybridized carbons (Fsp3) is 0.130. The molecule has 164 valence electrons. The molecule has 2 aromatic carbocycles. The molecule has 1 aliphatic heterocycles. The van der Waals surface area contributed by atoms with Crippen LogP contribution in [0.2, 0.25) is 15.1 Å². The molecule has 32 heavy (non-hydrogen) atoms. The second-order valence-corrected chi connectivity index (χ2v) is 8.53. The molecule has 0 fully saturated rings. The first-order chi connectivity index (χ1) is 15.0. The lowest BCUT2D eigenvalue weighted by molar-refractivity contribution is 0.436. The smallest absolute Gasteiger partial charge is 0.134 e. The molecule has 0 saturated carbocycles. The van der Waals surface area contributed by atoms with Crippen molar-refractivity contribution in [2.24, 2.45) is 0 Å². The number of nitrogens with zero attached hydrogens (tertiary/aromatic N) is 3. The molecular weight excluding hydrogens is 493 g/mol. The lowest BCUT2D eigenvalue weighted by atomic mass is 9.92. The Balaban J connectivity index is 0.00000245. The van der Waals surface area contributed by atoms with Crippen LogP contribution in [0, 0.1) is 5.82 Å². The molecule has 0 radical (unpaired) electrons. The summed E-state index contributed by atoms with van der Waals surface area (Å²) in [5.41, 5.74) is 4.44. The Morgan fingerprint density at radius 3 is 2.41 bits per heavy atom. The lowest BCUT2D eigenvalue weighted by Gasteiger charge is -2.27. The van der Waals surface area contributed by atoms with Crippen LogP contribution in [-0.2, 0) is 6.54 Å². The summed E-state index contributed by atoms with van der Waals surface area (Å²) < 4.78 is 16.8. The van der Waals surface area contributed by atoms with Gasteiger partial charge in [0, 0.05) is 45.1 Å². The molecule has 1 atom stereocenters. The van der Waals surface area contributed by atoms with Crippen LogP contribution >= 0.6 is 47.2 Å². The third kappa shape index (κ3) is 4.12. The normalized spacial score (nSPS) is 15.2. The van der Waals surface area contributed by atoms with Gasteiger partial charge in [-0.2, -0.15) is 5.10 Å². The number of rotatable bonds is 3. The highest BCUT2D eigenvalue weighted by Crippen LogP contribution is 2.42. The van der Waals surface area contributed by atoms with E-state index in [0.717, 1.165) is 22.4 Å². The summed E-state index contributed by atoms with van der Waals surface area (Å²) in [5, 5.41) is 9.80. The van der Waals surface area contributed by atoms with E-state index in [4.69, 9.17) is 39.9 Å². The van der Waals surface area contributed by atoms with Gasteiger partial charge in [-0.25, -0.2) is 4.39 Å². The van der Waals surface area contributed by atoms with Gasteiger partial charge in [-0.3, -0.25) is 9.67 Å². The van der Waals surface area contributed by atoms with Crippen LogP contribution in [-0.4, -0.2) is 21.3 Å². The molecule has 0 amide bonds. The first-order valence-corrected chi connectivity index (χ1v) is 10.8. The fourth-order valence-corrected chi connectivity index (χ4v) is 4.69. The minimum Gasteiger partial charge on any atom is -0.303 e. The van der Waals surface area contributed by atoms with Gasteiger partial charge in [0.1, 0.15) is 11.5 Å². The van der Waals surface area contributed by atoms with Crippen molar-refractivity contribution in [1.29, 1.82) is 0 Å². The zero-order chi connectivity index (χ0) is 21.5. The number of fused-ring (bicyclic) bond motifs is 1. The van der Waals surface area contributed by atoms with Gasteiger partial charge in [0.15, 0.2) is 0 Å². The minimum absolute atomic E-state index is 0. The first kappa shape index (κ1) is 23.0. The second-order valence-electron chi connectivity index (χ2n) is 7.25. The van der Waals surface area contributed by atoms with Crippen LogP contribution in [0.5, 0.6) is 0 Å². The molecule has 1 aliphatic rings. The predicted molar refractivity (Wildman–Crippen MR) is 129 cm³/mol. The molecule has 3 heterocycles. The third-order valence-electron chi connectivity index (χ3n) is 5.37. The molecular formula is C23H17Cl4FN4. The molecule has 4 nitrogen and oxygen atoms in total. The highest BCUT2D eigenvalue weighted by Gasteiger charge is 2.32. The lowest BCUT2D eigenvalue weighted by Crippen LogP contribution is -2.34. The maximum atomic E-state index is 14.9. The van der Waals surface area contributed by atoms with E-state index in [1.54, 1.807) is 30.6 Å². The molecule has 1 unspecified atom stereocenters. The van der Waals surface area contributed by atoms with E-state index >= 15 is 0 Å². The van der Waals surface area contributed by atoms with E-state index in [1.165, 1.54) is 6.07 Å². The van der Waals surface area contributed by atoms with Crippen LogP contribution in [0.4, 0.5) is 4.39 Å². The molecule has 0 spiro atoms. The maximum Gasteiger partial charge on any atom is 0.134 e. The first-order valence-electron chi connectivity index (χ1n) is 9.68. The molecule has 2 aromatic heterocycles. The van der Waals surface area contributed by atoms with Crippen molar-refractivity contribution in [3.8, 4) is 22.4 Å². The third-order valence-corrected chi connectivity index (χ3v) is 6.16. The maximum absolute atomic E-state index is 14.9. The summed E-state index contributed by atoms with van der Waals surface area (Å²) in [4.78, 5) is 4.13. The number of hydrogen-bond donors (Lipinski definition) is 1. The standard InChI is InChI=1S/C23H16Cl3FN4.ClH/c24-14-1-3-16(18(26)11-14)22-23-20(13-5-7-28-8-6-13)21(30-31(23)10-9-29-22)17-4-2-15(25)12-19(17)27;/h1-8,11-12,22,29H,9-10H2;1H. The summed E-state index contributed by atoms with van der Waals surface area (Å²) in [7, 11) is 0. The molecule has 5 rings (SSSR count). The van der Waals surface area contributed by atoms with Crippen molar-refractivity contribution >= 4 is 47.2 Å². The van der Waals surface area contributed by atoms with E-state index in [9.17, 15) is 4.39 Å². The fourth-order valence-electron chi connectivity index (χ4n) is 4.02. The highest BCUT2D eigenvalue weighted by molar-refractivity contribution is 6.35. The summed E-state index contributed by atoms with van der Waals surface area (Å²) in [5.74, 6) is -0.424. The number of benzene rings is 2. The van der Waals surface area contributed by atoms with Crippen molar-refractivity contribution in [1.82, 2.24) is 20.1 Å². The number of halogens is 5. The topological polar surface area (TPSA) is 42.7 Å². The van der Waals surface area contributed by atoms with Crippen LogP contribution in [0.15, 0.2) is 60.9 Å². The summed E-state index contributed by atoms with van der Waals surface area (Å²) in [6.45, 7) is 1.33. The van der Waals surface area contributed by atoms with Crippen LogP contribution < -0.4 is 5.32 Å². The van der Waals surface area contributed by atoms with Gasteiger partial charge in [-0.1, -0.05) is 40.9 Å². The van der Waals surface area contributed by atoms with Crippen molar-refractivity contribution in [3.63, 3.8) is 0 Å². The number of pyridine rings is 1. The Bertz CT molecular complexity index is 1280.